The van der Waals surface area contributed by atoms with Crippen molar-refractivity contribution in [2.75, 3.05) is 43.9 Å². The Balaban J connectivity index is 0.00000338. The maximum Gasteiger partial charge on any atom is 0.254 e. The monoisotopic (exact) mass is 453 g/mol. The van der Waals surface area contributed by atoms with Crippen molar-refractivity contribution in [3.05, 3.63) is 34.9 Å². The summed E-state index contributed by atoms with van der Waals surface area (Å²) >= 11 is 6.17. The van der Waals surface area contributed by atoms with E-state index in [-0.39, 0.29) is 36.8 Å². The molecule has 0 aromatic heterocycles. The molecular weight excluding hydrogens is 421 g/mol. The van der Waals surface area contributed by atoms with E-state index >= 15 is 0 Å². The van der Waals surface area contributed by atoms with Crippen LogP contribution in [-0.2, 0) is 0 Å². The molecule has 156 valence electrons. The van der Waals surface area contributed by atoms with Crippen molar-refractivity contribution < 1.29 is 4.79 Å². The minimum atomic E-state index is 0. The predicted molar refractivity (Wildman–Crippen MR) is 127 cm³/mol. The highest BCUT2D eigenvalue weighted by Crippen LogP contribution is 2.20. The summed E-state index contributed by atoms with van der Waals surface area (Å²) in [5.74, 6) is 1.95. The summed E-state index contributed by atoms with van der Waals surface area (Å²) in [5.41, 5.74) is 9.21. The second kappa shape index (κ2) is 13.2. The Morgan fingerprint density at radius 3 is 2.67 bits per heavy atom. The van der Waals surface area contributed by atoms with E-state index in [4.69, 9.17) is 5.73 Å². The van der Waals surface area contributed by atoms with E-state index in [2.05, 4.69) is 36.8 Å². The molecule has 0 saturated carbocycles. The molecule has 2 atom stereocenters. The molecule has 1 heterocycles. The van der Waals surface area contributed by atoms with Crippen LogP contribution >= 0.6 is 49.2 Å². The molecule has 1 aliphatic heterocycles. The lowest BCUT2D eigenvalue weighted by Crippen LogP contribution is -2.57. The number of nitrogens with zero attached hydrogens (tertiary/aromatic N) is 2. The van der Waals surface area contributed by atoms with E-state index in [9.17, 15) is 4.79 Å². The Morgan fingerprint density at radius 1 is 1.33 bits per heavy atom. The first kappa shape index (κ1) is 26.9. The molecule has 27 heavy (non-hydrogen) atoms. The Morgan fingerprint density at radius 2 is 2.04 bits per heavy atom. The Labute approximate surface area is 186 Å². The fourth-order valence-electron chi connectivity index (χ4n) is 3.36. The number of hydrogen-bond acceptors (Lipinski definition) is 5. The number of benzene rings is 1. The molecule has 1 saturated heterocycles. The average molecular weight is 455 g/mol. The highest BCUT2D eigenvalue weighted by atomic mass is 35.5. The smallest absolute Gasteiger partial charge is 0.254 e. The minimum Gasteiger partial charge on any atom is -0.336 e. The molecule has 0 radical (unpaired) electrons. The van der Waals surface area contributed by atoms with Crippen molar-refractivity contribution in [2.24, 2.45) is 5.73 Å². The first-order valence-electron chi connectivity index (χ1n) is 8.92. The van der Waals surface area contributed by atoms with Crippen LogP contribution in [0, 0.1) is 13.8 Å². The van der Waals surface area contributed by atoms with Crippen LogP contribution in [0.2, 0.25) is 0 Å². The zero-order valence-electron chi connectivity index (χ0n) is 16.4. The summed E-state index contributed by atoms with van der Waals surface area (Å²) in [6.45, 7) is 7.39. The van der Waals surface area contributed by atoms with E-state index < -0.39 is 0 Å². The standard InChI is InChI=1S/C19H31N3OS2.2ClH/c1-14-5-4-6-18(15(14)2)19(23)22-9-8-21(11-16(20)13-24)17(12-22)7-10-25-3;;/h4-6,16-17,24H,7-13,20H2,1-3H3;2*1H. The molecule has 0 bridgehead atoms. The van der Waals surface area contributed by atoms with Crippen LogP contribution in [0.3, 0.4) is 0 Å². The van der Waals surface area contributed by atoms with Crippen LogP contribution < -0.4 is 5.73 Å². The molecular formula is C19H33Cl2N3OS2. The fraction of sp³-hybridized carbons (Fsp3) is 0.632. The summed E-state index contributed by atoms with van der Waals surface area (Å²) in [6.07, 6.45) is 3.21. The average Bonchev–Trinajstić information content (AvgIpc) is 2.62. The highest BCUT2D eigenvalue weighted by Gasteiger charge is 2.30. The molecule has 2 unspecified atom stereocenters. The van der Waals surface area contributed by atoms with E-state index in [0.717, 1.165) is 49.5 Å². The van der Waals surface area contributed by atoms with Gasteiger partial charge in [0.05, 0.1) is 0 Å². The van der Waals surface area contributed by atoms with Gasteiger partial charge in [-0.2, -0.15) is 24.4 Å². The second-order valence-corrected chi connectivity index (χ2v) is 8.22. The van der Waals surface area contributed by atoms with Crippen molar-refractivity contribution in [2.45, 2.75) is 32.4 Å². The number of carbonyl (C=O) groups excluding carboxylic acids is 1. The van der Waals surface area contributed by atoms with Gasteiger partial charge >= 0.3 is 0 Å². The molecule has 1 aromatic rings. The predicted octanol–water partition coefficient (Wildman–Crippen LogP) is 3.28. The van der Waals surface area contributed by atoms with Gasteiger partial charge in [-0.05, 0) is 49.5 Å². The van der Waals surface area contributed by atoms with Crippen LogP contribution in [-0.4, -0.2) is 71.7 Å². The van der Waals surface area contributed by atoms with Crippen LogP contribution in [0.15, 0.2) is 18.2 Å². The molecule has 4 nitrogen and oxygen atoms in total. The third-order valence-electron chi connectivity index (χ3n) is 5.09. The van der Waals surface area contributed by atoms with E-state index in [1.54, 1.807) is 0 Å². The summed E-state index contributed by atoms with van der Waals surface area (Å²) in [4.78, 5) is 17.5. The molecule has 2 rings (SSSR count). The van der Waals surface area contributed by atoms with Gasteiger partial charge in [0.25, 0.3) is 5.91 Å². The van der Waals surface area contributed by atoms with E-state index in [1.165, 1.54) is 5.56 Å². The number of hydrogen-bond donors (Lipinski definition) is 2. The minimum absolute atomic E-state index is 0. The van der Waals surface area contributed by atoms with Gasteiger partial charge in [0.2, 0.25) is 0 Å². The summed E-state index contributed by atoms with van der Waals surface area (Å²) < 4.78 is 0. The zero-order valence-corrected chi connectivity index (χ0v) is 19.7. The number of thioether (sulfide) groups is 1. The van der Waals surface area contributed by atoms with Crippen LogP contribution in [0.25, 0.3) is 0 Å². The SMILES string of the molecule is CSCCC1CN(C(=O)c2cccc(C)c2C)CCN1CC(N)CS.Cl.Cl. The first-order valence-corrected chi connectivity index (χ1v) is 11.0. The second-order valence-electron chi connectivity index (χ2n) is 6.87. The number of halogens is 2. The number of aryl methyl sites for hydroxylation is 1. The number of piperazine rings is 1. The Hall–Kier alpha value is -0.110. The van der Waals surface area contributed by atoms with Crippen molar-refractivity contribution in [3.63, 3.8) is 0 Å². The van der Waals surface area contributed by atoms with Gasteiger partial charge < -0.3 is 10.6 Å². The highest BCUT2D eigenvalue weighted by molar-refractivity contribution is 7.98. The van der Waals surface area contributed by atoms with Crippen LogP contribution in [0.5, 0.6) is 0 Å². The summed E-state index contributed by atoms with van der Waals surface area (Å²) in [5, 5.41) is 0. The van der Waals surface area contributed by atoms with Crippen LogP contribution in [0.4, 0.5) is 0 Å². The lowest BCUT2D eigenvalue weighted by atomic mass is 10.0. The van der Waals surface area contributed by atoms with Crippen molar-refractivity contribution in [1.82, 2.24) is 9.80 Å². The fourth-order valence-corrected chi connectivity index (χ4v) is 3.98. The van der Waals surface area contributed by atoms with Crippen molar-refractivity contribution >= 4 is 55.1 Å². The summed E-state index contributed by atoms with van der Waals surface area (Å²) in [7, 11) is 0. The number of amides is 1. The van der Waals surface area contributed by atoms with Crippen LogP contribution in [0.1, 0.15) is 27.9 Å². The molecule has 2 N–H and O–H groups in total. The van der Waals surface area contributed by atoms with Gasteiger partial charge in [-0.15, -0.1) is 24.8 Å². The zero-order chi connectivity index (χ0) is 18.4. The molecule has 1 aromatic carbocycles. The van der Waals surface area contributed by atoms with E-state index in [0.29, 0.717) is 11.8 Å². The van der Waals surface area contributed by atoms with Crippen molar-refractivity contribution in [1.29, 1.82) is 0 Å². The molecule has 8 heteroatoms. The molecule has 1 aliphatic rings. The van der Waals surface area contributed by atoms with Gasteiger partial charge in [0.15, 0.2) is 0 Å². The molecule has 0 spiro atoms. The molecule has 1 amide bonds. The van der Waals surface area contributed by atoms with Gasteiger partial charge in [-0.3, -0.25) is 9.69 Å². The van der Waals surface area contributed by atoms with Gasteiger partial charge in [0, 0.05) is 49.6 Å². The molecule has 1 fully saturated rings. The topological polar surface area (TPSA) is 49.6 Å². The Kier molecular flexibility index (Phi) is 13.1. The molecule has 0 aliphatic carbocycles. The Bertz CT molecular complexity index is 592. The number of nitrogens with two attached hydrogens (primary N) is 1. The first-order chi connectivity index (χ1) is 12.0. The van der Waals surface area contributed by atoms with Crippen molar-refractivity contribution in [3.8, 4) is 0 Å². The third kappa shape index (κ3) is 7.33. The van der Waals surface area contributed by atoms with Gasteiger partial charge in [-0.1, -0.05) is 12.1 Å². The van der Waals surface area contributed by atoms with Gasteiger partial charge in [-0.25, -0.2) is 0 Å². The van der Waals surface area contributed by atoms with E-state index in [1.807, 2.05) is 35.7 Å². The quantitative estimate of drug-likeness (QED) is 0.621. The third-order valence-corrected chi connectivity index (χ3v) is 6.20. The number of carbonyl (C=O) groups is 1. The lowest BCUT2D eigenvalue weighted by Gasteiger charge is -2.42. The maximum absolute atomic E-state index is 13.0. The van der Waals surface area contributed by atoms with Gasteiger partial charge in [0.1, 0.15) is 0 Å². The number of rotatable bonds is 7. The number of thiol groups is 1. The normalized spacial score (nSPS) is 18.4. The lowest BCUT2D eigenvalue weighted by molar-refractivity contribution is 0.0465. The summed E-state index contributed by atoms with van der Waals surface area (Å²) in [6, 6.07) is 6.44. The largest absolute Gasteiger partial charge is 0.336 e. The maximum atomic E-state index is 13.0.